The molecule has 0 saturated heterocycles. The van der Waals surface area contributed by atoms with Crippen LogP contribution in [0.3, 0.4) is 0 Å². The van der Waals surface area contributed by atoms with E-state index in [2.05, 4.69) is 10.3 Å². The molecular formula is C21H26N2O4. The molecule has 0 aliphatic heterocycles. The first-order chi connectivity index (χ1) is 13.0. The van der Waals surface area contributed by atoms with Gasteiger partial charge < -0.3 is 19.9 Å². The minimum Gasteiger partial charge on any atom is -0.483 e. The highest BCUT2D eigenvalue weighted by Gasteiger charge is 2.35. The van der Waals surface area contributed by atoms with Gasteiger partial charge in [0.2, 0.25) is 5.88 Å². The highest BCUT2D eigenvalue weighted by atomic mass is 16.5. The van der Waals surface area contributed by atoms with Crippen LogP contribution in [0.4, 0.5) is 0 Å². The fourth-order valence-electron chi connectivity index (χ4n) is 3.31. The molecule has 1 heterocycles. The maximum absolute atomic E-state index is 12.5. The van der Waals surface area contributed by atoms with E-state index in [0.29, 0.717) is 24.5 Å². The maximum Gasteiger partial charge on any atom is 0.258 e. The Bertz CT molecular complexity index is 785. The lowest BCUT2D eigenvalue weighted by molar-refractivity contribution is -0.125. The zero-order valence-corrected chi connectivity index (χ0v) is 15.9. The summed E-state index contributed by atoms with van der Waals surface area (Å²) in [4.78, 5) is 16.7. The van der Waals surface area contributed by atoms with E-state index in [1.807, 2.05) is 38.1 Å². The average Bonchev–Trinajstić information content (AvgIpc) is 2.65. The van der Waals surface area contributed by atoms with E-state index in [1.54, 1.807) is 19.4 Å². The molecule has 1 aliphatic rings. The molecule has 1 saturated carbocycles. The van der Waals surface area contributed by atoms with Crippen LogP contribution >= 0.6 is 0 Å². The van der Waals surface area contributed by atoms with E-state index in [-0.39, 0.29) is 30.6 Å². The zero-order chi connectivity index (χ0) is 19.4. The standard InChI is InChI=1S/C21H26N2O4/c1-13-5-4-6-18(14(13)2)27-12-19(25)23-21(16-9-17(24)10-16)15-7-8-20(26-3)22-11-15/h4-8,11,16-17,21,24H,9-10,12H2,1-3H3,(H,23,25). The van der Waals surface area contributed by atoms with Crippen molar-refractivity contribution in [1.82, 2.24) is 10.3 Å². The topological polar surface area (TPSA) is 80.7 Å². The smallest absolute Gasteiger partial charge is 0.258 e. The highest BCUT2D eigenvalue weighted by Crippen LogP contribution is 2.38. The van der Waals surface area contributed by atoms with Crippen LogP contribution in [-0.2, 0) is 4.79 Å². The molecule has 1 aromatic carbocycles. The van der Waals surface area contributed by atoms with Gasteiger partial charge in [-0.1, -0.05) is 18.2 Å². The second-order valence-electron chi connectivity index (χ2n) is 7.05. The molecule has 0 bridgehead atoms. The second-order valence-corrected chi connectivity index (χ2v) is 7.05. The molecule has 0 spiro atoms. The van der Waals surface area contributed by atoms with E-state index >= 15 is 0 Å². The van der Waals surface area contributed by atoms with Crippen molar-refractivity contribution in [3.8, 4) is 11.6 Å². The van der Waals surface area contributed by atoms with Crippen LogP contribution in [0.2, 0.25) is 0 Å². The summed E-state index contributed by atoms with van der Waals surface area (Å²) in [5, 5.41) is 12.7. The van der Waals surface area contributed by atoms with Gasteiger partial charge in [0.15, 0.2) is 6.61 Å². The molecule has 2 aromatic rings. The number of aliphatic hydroxyl groups excluding tert-OH is 1. The normalized spacial score (nSPS) is 19.7. The summed E-state index contributed by atoms with van der Waals surface area (Å²) in [7, 11) is 1.56. The molecule has 1 amide bonds. The molecule has 1 fully saturated rings. The Morgan fingerprint density at radius 1 is 1.30 bits per heavy atom. The molecule has 6 nitrogen and oxygen atoms in total. The zero-order valence-electron chi connectivity index (χ0n) is 15.9. The Morgan fingerprint density at radius 2 is 2.07 bits per heavy atom. The minimum absolute atomic E-state index is 0.0559. The number of aromatic nitrogens is 1. The van der Waals surface area contributed by atoms with Crippen LogP contribution < -0.4 is 14.8 Å². The summed E-state index contributed by atoms with van der Waals surface area (Å²) in [6, 6.07) is 9.25. The Kier molecular flexibility index (Phi) is 5.96. The van der Waals surface area contributed by atoms with Crippen molar-refractivity contribution in [3.63, 3.8) is 0 Å². The van der Waals surface area contributed by atoms with Gasteiger partial charge in [-0.3, -0.25) is 4.79 Å². The van der Waals surface area contributed by atoms with Crippen molar-refractivity contribution in [1.29, 1.82) is 0 Å². The van der Waals surface area contributed by atoms with Crippen molar-refractivity contribution in [2.24, 2.45) is 5.92 Å². The number of aryl methyl sites for hydroxylation is 1. The third-order valence-corrected chi connectivity index (χ3v) is 5.18. The van der Waals surface area contributed by atoms with Gasteiger partial charge in [-0.25, -0.2) is 4.98 Å². The first kappa shape index (κ1) is 19.2. The summed E-state index contributed by atoms with van der Waals surface area (Å²) >= 11 is 0. The van der Waals surface area contributed by atoms with E-state index < -0.39 is 0 Å². The fourth-order valence-corrected chi connectivity index (χ4v) is 3.31. The number of hydrogen-bond donors (Lipinski definition) is 2. The van der Waals surface area contributed by atoms with Gasteiger partial charge in [0.05, 0.1) is 19.3 Å². The minimum atomic E-state index is -0.299. The summed E-state index contributed by atoms with van der Waals surface area (Å²) in [5.41, 5.74) is 3.05. The van der Waals surface area contributed by atoms with Gasteiger partial charge >= 0.3 is 0 Å². The van der Waals surface area contributed by atoms with Crippen LogP contribution in [0.25, 0.3) is 0 Å². The number of pyridine rings is 1. The number of benzene rings is 1. The molecular weight excluding hydrogens is 344 g/mol. The van der Waals surface area contributed by atoms with Gasteiger partial charge in [0, 0.05) is 12.3 Å². The quantitative estimate of drug-likeness (QED) is 0.783. The Balaban J connectivity index is 1.66. The first-order valence-corrected chi connectivity index (χ1v) is 9.14. The number of methoxy groups -OCH3 is 1. The predicted octanol–water partition coefficient (Wildman–Crippen LogP) is 2.71. The van der Waals surface area contributed by atoms with Crippen molar-refractivity contribution < 1.29 is 19.4 Å². The number of aliphatic hydroxyl groups is 1. The lowest BCUT2D eigenvalue weighted by Gasteiger charge is -2.38. The molecule has 1 unspecified atom stereocenters. The Hall–Kier alpha value is -2.60. The van der Waals surface area contributed by atoms with Crippen molar-refractivity contribution in [2.75, 3.05) is 13.7 Å². The van der Waals surface area contributed by atoms with Gasteiger partial charge in [0.25, 0.3) is 5.91 Å². The van der Waals surface area contributed by atoms with E-state index in [9.17, 15) is 9.90 Å². The second kappa shape index (κ2) is 8.39. The molecule has 0 radical (unpaired) electrons. The molecule has 1 aliphatic carbocycles. The average molecular weight is 370 g/mol. The lowest BCUT2D eigenvalue weighted by atomic mass is 9.75. The molecule has 144 valence electrons. The Morgan fingerprint density at radius 3 is 2.70 bits per heavy atom. The van der Waals surface area contributed by atoms with Gasteiger partial charge in [-0.2, -0.15) is 0 Å². The van der Waals surface area contributed by atoms with Crippen molar-refractivity contribution in [3.05, 3.63) is 53.2 Å². The predicted molar refractivity (Wildman–Crippen MR) is 102 cm³/mol. The lowest BCUT2D eigenvalue weighted by Crippen LogP contribution is -2.42. The number of carbonyl (C=O) groups is 1. The first-order valence-electron chi connectivity index (χ1n) is 9.14. The molecule has 27 heavy (non-hydrogen) atoms. The maximum atomic E-state index is 12.5. The third-order valence-electron chi connectivity index (χ3n) is 5.18. The van der Waals surface area contributed by atoms with E-state index in [0.717, 1.165) is 16.7 Å². The molecule has 6 heteroatoms. The summed E-state index contributed by atoms with van der Waals surface area (Å²) in [6.07, 6.45) is 2.73. The van der Waals surface area contributed by atoms with Crippen molar-refractivity contribution >= 4 is 5.91 Å². The summed E-state index contributed by atoms with van der Waals surface area (Å²) < 4.78 is 10.8. The molecule has 1 aromatic heterocycles. The largest absolute Gasteiger partial charge is 0.483 e. The number of ether oxygens (including phenoxy) is 2. The van der Waals surface area contributed by atoms with Gasteiger partial charge in [-0.05, 0) is 55.4 Å². The molecule has 3 rings (SSSR count). The number of rotatable bonds is 7. The summed E-state index contributed by atoms with van der Waals surface area (Å²) in [6.45, 7) is 3.93. The number of nitrogens with zero attached hydrogens (tertiary/aromatic N) is 1. The molecule has 1 atom stereocenters. The third kappa shape index (κ3) is 4.57. The number of carbonyl (C=O) groups excluding carboxylic acids is 1. The SMILES string of the molecule is COc1ccc(C(NC(=O)COc2cccc(C)c2C)C2CC(O)C2)cn1. The van der Waals surface area contributed by atoms with E-state index in [4.69, 9.17) is 9.47 Å². The van der Waals surface area contributed by atoms with Gasteiger partial charge in [-0.15, -0.1) is 0 Å². The summed E-state index contributed by atoms with van der Waals surface area (Å²) in [5.74, 6) is 1.22. The number of hydrogen-bond acceptors (Lipinski definition) is 5. The highest BCUT2D eigenvalue weighted by molar-refractivity contribution is 5.78. The fraction of sp³-hybridized carbons (Fsp3) is 0.429. The van der Waals surface area contributed by atoms with Crippen LogP contribution in [0, 0.1) is 19.8 Å². The Labute approximate surface area is 159 Å². The number of nitrogens with one attached hydrogen (secondary N) is 1. The van der Waals surface area contributed by atoms with E-state index in [1.165, 1.54) is 0 Å². The van der Waals surface area contributed by atoms with Crippen LogP contribution in [0.15, 0.2) is 36.5 Å². The number of amides is 1. The van der Waals surface area contributed by atoms with Crippen molar-refractivity contribution in [2.45, 2.75) is 38.8 Å². The van der Waals surface area contributed by atoms with Crippen LogP contribution in [-0.4, -0.2) is 35.8 Å². The monoisotopic (exact) mass is 370 g/mol. The van der Waals surface area contributed by atoms with Gasteiger partial charge in [0.1, 0.15) is 5.75 Å². The van der Waals surface area contributed by atoms with Crippen LogP contribution in [0.5, 0.6) is 11.6 Å². The van der Waals surface area contributed by atoms with Crippen LogP contribution in [0.1, 0.15) is 35.6 Å². The molecule has 2 N–H and O–H groups in total.